The van der Waals surface area contributed by atoms with E-state index in [4.69, 9.17) is 5.26 Å². The molecule has 0 N–H and O–H groups in total. The highest BCUT2D eigenvalue weighted by Crippen LogP contribution is 2.12. The van der Waals surface area contributed by atoms with Gasteiger partial charge in [0.05, 0.1) is 18.7 Å². The molecule has 8 heteroatoms. The van der Waals surface area contributed by atoms with Crippen molar-refractivity contribution in [3.63, 3.8) is 0 Å². The lowest BCUT2D eigenvalue weighted by Crippen LogP contribution is -2.52. The van der Waals surface area contributed by atoms with E-state index in [0.29, 0.717) is 32.6 Å². The molecule has 1 heterocycles. The number of carbonyl (C=O) groups excluding carboxylic acids is 1. The smallest absolute Gasteiger partial charge is 0.322 e. The normalized spacial score (nSPS) is 19.2. The van der Waals surface area contributed by atoms with Gasteiger partial charge in [-0.25, -0.2) is 8.42 Å². The first-order chi connectivity index (χ1) is 9.44. The van der Waals surface area contributed by atoms with E-state index in [-0.39, 0.29) is 12.6 Å². The maximum absolute atomic E-state index is 12.0. The summed E-state index contributed by atoms with van der Waals surface area (Å²) in [6, 6.07) is 2.03. The summed E-state index contributed by atoms with van der Waals surface area (Å²) in [6.45, 7) is 5.36. The van der Waals surface area contributed by atoms with E-state index < -0.39 is 21.7 Å². The SMILES string of the molecule is CCOC(=O)CS(=O)(=O)N1CCN(C(C#N)CC)CC1. The topological polar surface area (TPSA) is 90.7 Å². The minimum Gasteiger partial charge on any atom is -0.465 e. The summed E-state index contributed by atoms with van der Waals surface area (Å²) in [5.41, 5.74) is 0. The Morgan fingerprint density at radius 1 is 1.30 bits per heavy atom. The molecule has 1 aliphatic heterocycles. The second-order valence-corrected chi connectivity index (χ2v) is 6.52. The lowest BCUT2D eigenvalue weighted by atomic mass is 10.2. The van der Waals surface area contributed by atoms with Crippen LogP contribution in [0.15, 0.2) is 0 Å². The molecule has 20 heavy (non-hydrogen) atoms. The van der Waals surface area contributed by atoms with Crippen molar-refractivity contribution in [2.75, 3.05) is 38.5 Å². The molecule has 0 saturated carbocycles. The van der Waals surface area contributed by atoms with Crippen LogP contribution in [0.1, 0.15) is 20.3 Å². The Hall–Kier alpha value is -1.17. The highest BCUT2D eigenvalue weighted by molar-refractivity contribution is 7.89. The molecule has 7 nitrogen and oxygen atoms in total. The van der Waals surface area contributed by atoms with Gasteiger partial charge in [0.25, 0.3) is 0 Å². The Bertz CT molecular complexity index is 464. The molecule has 0 aromatic carbocycles. The first-order valence-corrected chi connectivity index (χ1v) is 8.32. The van der Waals surface area contributed by atoms with E-state index in [0.717, 1.165) is 0 Å². The van der Waals surface area contributed by atoms with Crippen LogP contribution in [0.3, 0.4) is 0 Å². The van der Waals surface area contributed by atoms with Crippen LogP contribution in [0.5, 0.6) is 0 Å². The quantitative estimate of drug-likeness (QED) is 0.631. The molecule has 0 aromatic heterocycles. The minimum atomic E-state index is -3.62. The molecule has 114 valence electrons. The zero-order valence-electron chi connectivity index (χ0n) is 11.9. The van der Waals surface area contributed by atoms with Gasteiger partial charge < -0.3 is 4.74 Å². The number of esters is 1. The third-order valence-corrected chi connectivity index (χ3v) is 5.00. The van der Waals surface area contributed by atoms with Crippen molar-refractivity contribution in [3.05, 3.63) is 0 Å². The third-order valence-electron chi connectivity index (χ3n) is 3.25. The lowest BCUT2D eigenvalue weighted by molar-refractivity contribution is -0.140. The molecular formula is C12H21N3O4S. The largest absolute Gasteiger partial charge is 0.465 e. The van der Waals surface area contributed by atoms with Gasteiger partial charge in [-0.1, -0.05) is 6.92 Å². The molecule has 1 saturated heterocycles. The molecule has 0 bridgehead atoms. The zero-order valence-corrected chi connectivity index (χ0v) is 12.7. The standard InChI is InChI=1S/C12H21N3O4S/c1-3-11(9-13)14-5-7-15(8-6-14)20(17,18)10-12(16)19-4-2/h11H,3-8,10H2,1-2H3. The van der Waals surface area contributed by atoms with Crippen molar-refractivity contribution in [2.45, 2.75) is 26.3 Å². The van der Waals surface area contributed by atoms with Crippen LogP contribution < -0.4 is 0 Å². The molecule has 1 unspecified atom stereocenters. The number of nitrogens with zero attached hydrogens (tertiary/aromatic N) is 3. The van der Waals surface area contributed by atoms with E-state index in [1.807, 2.05) is 11.8 Å². The number of hydrogen-bond donors (Lipinski definition) is 0. The number of rotatable bonds is 6. The highest BCUT2D eigenvalue weighted by Gasteiger charge is 2.31. The molecular weight excluding hydrogens is 282 g/mol. The summed E-state index contributed by atoms with van der Waals surface area (Å²) < 4.78 is 30.0. The average Bonchev–Trinajstić information content (AvgIpc) is 2.40. The van der Waals surface area contributed by atoms with Crippen LogP contribution in [0.25, 0.3) is 0 Å². The van der Waals surface area contributed by atoms with Crippen molar-refractivity contribution in [1.29, 1.82) is 5.26 Å². The molecule has 0 radical (unpaired) electrons. The van der Waals surface area contributed by atoms with Gasteiger partial charge in [0, 0.05) is 26.2 Å². The average molecular weight is 303 g/mol. The molecule has 1 atom stereocenters. The lowest BCUT2D eigenvalue weighted by Gasteiger charge is -2.35. The number of sulfonamides is 1. The van der Waals surface area contributed by atoms with E-state index in [1.54, 1.807) is 6.92 Å². The van der Waals surface area contributed by atoms with Gasteiger partial charge >= 0.3 is 5.97 Å². The second kappa shape index (κ2) is 7.57. The van der Waals surface area contributed by atoms with Gasteiger partial charge in [-0.15, -0.1) is 0 Å². The van der Waals surface area contributed by atoms with E-state index in [1.165, 1.54) is 4.31 Å². The van der Waals surface area contributed by atoms with Crippen molar-refractivity contribution in [1.82, 2.24) is 9.21 Å². The summed E-state index contributed by atoms with van der Waals surface area (Å²) >= 11 is 0. The monoisotopic (exact) mass is 303 g/mol. The fraction of sp³-hybridized carbons (Fsp3) is 0.833. The van der Waals surface area contributed by atoms with Crippen LogP contribution in [-0.4, -0.2) is 68.2 Å². The summed E-state index contributed by atoms with van der Waals surface area (Å²) in [5, 5.41) is 9.00. The van der Waals surface area contributed by atoms with Crippen LogP contribution in [0.2, 0.25) is 0 Å². The fourth-order valence-electron chi connectivity index (χ4n) is 2.17. The number of carbonyl (C=O) groups is 1. The molecule has 0 spiro atoms. The number of hydrogen-bond acceptors (Lipinski definition) is 6. The fourth-order valence-corrected chi connectivity index (χ4v) is 3.45. The molecule has 0 aromatic rings. The van der Waals surface area contributed by atoms with Crippen molar-refractivity contribution < 1.29 is 17.9 Å². The van der Waals surface area contributed by atoms with E-state index in [2.05, 4.69) is 10.8 Å². The Morgan fingerprint density at radius 2 is 1.90 bits per heavy atom. The van der Waals surface area contributed by atoms with Crippen LogP contribution in [-0.2, 0) is 19.6 Å². The van der Waals surface area contributed by atoms with Gasteiger partial charge in [0.1, 0.15) is 0 Å². The Morgan fingerprint density at radius 3 is 2.35 bits per heavy atom. The minimum absolute atomic E-state index is 0.169. The van der Waals surface area contributed by atoms with Gasteiger partial charge in [0.2, 0.25) is 10.0 Å². The number of ether oxygens (including phenoxy) is 1. The summed E-state index contributed by atoms with van der Waals surface area (Å²) in [4.78, 5) is 13.3. The van der Waals surface area contributed by atoms with E-state index in [9.17, 15) is 13.2 Å². The summed E-state index contributed by atoms with van der Waals surface area (Å²) in [5.74, 6) is -1.34. The van der Waals surface area contributed by atoms with Crippen LogP contribution in [0.4, 0.5) is 0 Å². The Kier molecular flexibility index (Phi) is 6.39. The number of piperazine rings is 1. The Labute approximate surface area is 120 Å². The molecule has 1 aliphatic rings. The van der Waals surface area contributed by atoms with Gasteiger partial charge in [-0.05, 0) is 13.3 Å². The third kappa shape index (κ3) is 4.44. The molecule has 0 aliphatic carbocycles. The molecule has 1 rings (SSSR count). The second-order valence-electron chi connectivity index (χ2n) is 4.55. The predicted molar refractivity (Wildman–Crippen MR) is 73.3 cm³/mol. The van der Waals surface area contributed by atoms with Gasteiger partial charge in [-0.2, -0.15) is 9.57 Å². The zero-order chi connectivity index (χ0) is 15.2. The maximum atomic E-state index is 12.0. The van der Waals surface area contributed by atoms with Crippen molar-refractivity contribution >= 4 is 16.0 Å². The number of nitriles is 1. The van der Waals surface area contributed by atoms with Crippen LogP contribution >= 0.6 is 0 Å². The van der Waals surface area contributed by atoms with E-state index >= 15 is 0 Å². The Balaban J connectivity index is 2.56. The van der Waals surface area contributed by atoms with Crippen molar-refractivity contribution in [3.8, 4) is 6.07 Å². The first kappa shape index (κ1) is 16.9. The summed E-state index contributed by atoms with van der Waals surface area (Å²) in [6.07, 6.45) is 0.714. The van der Waals surface area contributed by atoms with Crippen molar-refractivity contribution in [2.24, 2.45) is 0 Å². The molecule has 0 amide bonds. The van der Waals surface area contributed by atoms with Crippen LogP contribution in [0, 0.1) is 11.3 Å². The molecule has 1 fully saturated rings. The van der Waals surface area contributed by atoms with Gasteiger partial charge in [-0.3, -0.25) is 9.69 Å². The summed E-state index contributed by atoms with van der Waals surface area (Å²) in [7, 11) is -3.62. The maximum Gasteiger partial charge on any atom is 0.322 e. The first-order valence-electron chi connectivity index (χ1n) is 6.71. The highest BCUT2D eigenvalue weighted by atomic mass is 32.2. The predicted octanol–water partition coefficient (Wildman–Crippen LogP) is -0.201. The van der Waals surface area contributed by atoms with Gasteiger partial charge in [0.15, 0.2) is 5.75 Å².